The van der Waals surface area contributed by atoms with Crippen LogP contribution in [0.25, 0.3) is 0 Å². The smallest absolute Gasteiger partial charge is 0.269 e. The molecule has 3 rings (SSSR count). The van der Waals surface area contributed by atoms with Gasteiger partial charge in [0.15, 0.2) is 6.04 Å². The number of amides is 2. The summed E-state index contributed by atoms with van der Waals surface area (Å²) in [5, 5.41) is 17.7. The Balaban J connectivity index is 1.77. The molecule has 2 aromatic carbocycles. The van der Waals surface area contributed by atoms with E-state index in [1.54, 1.807) is 37.3 Å². The second-order valence-electron chi connectivity index (χ2n) is 5.72. The van der Waals surface area contributed by atoms with E-state index in [1.807, 2.05) is 0 Å². The molecule has 10 heteroatoms. The van der Waals surface area contributed by atoms with Gasteiger partial charge in [-0.15, -0.1) is 0 Å². The fourth-order valence-corrected chi connectivity index (χ4v) is 2.88. The van der Waals surface area contributed by atoms with Crippen molar-refractivity contribution in [1.82, 2.24) is 5.01 Å². The highest BCUT2D eigenvalue weighted by Crippen LogP contribution is 2.20. The summed E-state index contributed by atoms with van der Waals surface area (Å²) in [7, 11) is -3.80. The van der Waals surface area contributed by atoms with Crippen LogP contribution in [-0.2, 0) is 14.8 Å². The average molecular weight is 385 g/mol. The highest BCUT2D eigenvalue weighted by molar-refractivity contribution is 7.89. The molecule has 1 heterocycles. The quantitative estimate of drug-likeness (QED) is 0.634. The minimum atomic E-state index is -3.80. The molecule has 0 spiro atoms. The van der Waals surface area contributed by atoms with Gasteiger partial charge in [-0.25, -0.2) is 13.6 Å². The maximum absolute atomic E-state index is 12.5. The Bertz CT molecular complexity index is 1050. The lowest BCUT2D eigenvalue weighted by molar-refractivity contribution is -0.127. The molecule has 2 N–H and O–H groups in total. The molecule has 1 unspecified atom stereocenters. The fourth-order valence-electron chi connectivity index (χ4n) is 2.36. The summed E-state index contributed by atoms with van der Waals surface area (Å²) in [4.78, 5) is 24.8. The van der Waals surface area contributed by atoms with Crippen molar-refractivity contribution in [2.75, 3.05) is 0 Å². The van der Waals surface area contributed by atoms with E-state index in [1.165, 1.54) is 24.3 Å². The maximum Gasteiger partial charge on any atom is 0.282 e. The SMILES string of the molecule is CC1=NN(C(=O)c2ccccc2)C(=O)C1N=Nc1ccc(S(N)(=O)=O)cc1. The Morgan fingerprint density at radius 3 is 2.33 bits per heavy atom. The van der Waals surface area contributed by atoms with Gasteiger partial charge in [-0.1, -0.05) is 18.2 Å². The summed E-state index contributed by atoms with van der Waals surface area (Å²) >= 11 is 0. The van der Waals surface area contributed by atoms with E-state index in [0.29, 0.717) is 17.0 Å². The number of hydrazone groups is 1. The Labute approximate surface area is 155 Å². The number of hydrogen-bond acceptors (Lipinski definition) is 7. The third-order valence-corrected chi connectivity index (χ3v) is 4.69. The predicted molar refractivity (Wildman–Crippen MR) is 96.8 cm³/mol. The third kappa shape index (κ3) is 3.96. The lowest BCUT2D eigenvalue weighted by Crippen LogP contribution is -2.34. The number of hydrogen-bond donors (Lipinski definition) is 1. The Morgan fingerprint density at radius 2 is 1.74 bits per heavy atom. The summed E-state index contributed by atoms with van der Waals surface area (Å²) in [6.45, 7) is 1.57. The number of sulfonamides is 1. The van der Waals surface area contributed by atoms with Crippen molar-refractivity contribution in [3.63, 3.8) is 0 Å². The zero-order valence-corrected chi connectivity index (χ0v) is 15.0. The van der Waals surface area contributed by atoms with Crippen LogP contribution in [0.3, 0.4) is 0 Å². The first-order valence-electron chi connectivity index (χ1n) is 7.79. The summed E-state index contributed by atoms with van der Waals surface area (Å²) in [5.41, 5.74) is 0.989. The Morgan fingerprint density at radius 1 is 1.11 bits per heavy atom. The van der Waals surface area contributed by atoms with Crippen molar-refractivity contribution >= 4 is 33.2 Å². The van der Waals surface area contributed by atoms with E-state index >= 15 is 0 Å². The van der Waals surface area contributed by atoms with Crippen LogP contribution in [0.5, 0.6) is 0 Å². The average Bonchev–Trinajstić information content (AvgIpc) is 2.93. The first-order valence-corrected chi connectivity index (χ1v) is 9.34. The van der Waals surface area contributed by atoms with E-state index < -0.39 is 27.9 Å². The molecule has 1 aliphatic heterocycles. The molecule has 2 aromatic rings. The standard InChI is InChI=1S/C17H15N5O4S/c1-11-15(20-19-13-7-9-14(10-8-13)27(18,25)26)17(24)22(21-11)16(23)12-5-3-2-4-6-12/h2-10,15H,1H3,(H2,18,25,26). The van der Waals surface area contributed by atoms with Crippen molar-refractivity contribution in [1.29, 1.82) is 0 Å². The van der Waals surface area contributed by atoms with Gasteiger partial charge in [-0.05, 0) is 43.3 Å². The second-order valence-corrected chi connectivity index (χ2v) is 7.28. The molecule has 0 aromatic heterocycles. The normalized spacial score (nSPS) is 17.4. The van der Waals surface area contributed by atoms with Crippen molar-refractivity contribution in [3.05, 3.63) is 60.2 Å². The number of carbonyl (C=O) groups is 2. The molecule has 0 radical (unpaired) electrons. The van der Waals surface area contributed by atoms with Crippen molar-refractivity contribution in [3.8, 4) is 0 Å². The number of benzene rings is 2. The highest BCUT2D eigenvalue weighted by atomic mass is 32.2. The molecule has 27 heavy (non-hydrogen) atoms. The van der Waals surface area contributed by atoms with Crippen molar-refractivity contribution < 1.29 is 18.0 Å². The number of azo groups is 1. The van der Waals surface area contributed by atoms with Crippen molar-refractivity contribution in [2.45, 2.75) is 17.9 Å². The van der Waals surface area contributed by atoms with E-state index in [-0.39, 0.29) is 4.90 Å². The molecule has 0 bridgehead atoms. The van der Waals surface area contributed by atoms with Gasteiger partial charge in [0.1, 0.15) is 0 Å². The minimum Gasteiger partial charge on any atom is -0.269 e. The number of rotatable bonds is 4. The topological polar surface area (TPSA) is 135 Å². The van der Waals surface area contributed by atoms with Crippen LogP contribution in [0.15, 0.2) is 74.8 Å². The van der Waals surface area contributed by atoms with Gasteiger partial charge < -0.3 is 0 Å². The van der Waals surface area contributed by atoms with Gasteiger partial charge in [0.2, 0.25) is 10.0 Å². The van der Waals surface area contributed by atoms with Crippen LogP contribution >= 0.6 is 0 Å². The number of primary sulfonamides is 1. The Hall–Kier alpha value is -3.24. The Kier molecular flexibility index (Phi) is 4.93. The number of imide groups is 1. The summed E-state index contributed by atoms with van der Waals surface area (Å²) in [6.07, 6.45) is 0. The van der Waals surface area contributed by atoms with Crippen LogP contribution in [0.4, 0.5) is 5.69 Å². The van der Waals surface area contributed by atoms with E-state index in [4.69, 9.17) is 5.14 Å². The molecule has 1 atom stereocenters. The van der Waals surface area contributed by atoms with E-state index in [9.17, 15) is 18.0 Å². The summed E-state index contributed by atoms with van der Waals surface area (Å²) in [6, 6.07) is 12.7. The predicted octanol–water partition coefficient (Wildman–Crippen LogP) is 1.84. The van der Waals surface area contributed by atoms with Gasteiger partial charge in [-0.2, -0.15) is 20.3 Å². The molecule has 0 aliphatic carbocycles. The molecule has 2 amide bonds. The van der Waals surface area contributed by atoms with Gasteiger partial charge >= 0.3 is 0 Å². The fraction of sp³-hybridized carbons (Fsp3) is 0.118. The van der Waals surface area contributed by atoms with Crippen LogP contribution in [0.1, 0.15) is 17.3 Å². The zero-order valence-electron chi connectivity index (χ0n) is 14.2. The van der Waals surface area contributed by atoms with Gasteiger partial charge in [-0.3, -0.25) is 9.59 Å². The third-order valence-electron chi connectivity index (χ3n) is 3.76. The molecule has 1 aliphatic rings. The molecule has 0 saturated carbocycles. The largest absolute Gasteiger partial charge is 0.282 e. The first-order chi connectivity index (χ1) is 12.8. The van der Waals surface area contributed by atoms with E-state index in [2.05, 4.69) is 15.3 Å². The molecular weight excluding hydrogens is 370 g/mol. The molecule has 9 nitrogen and oxygen atoms in total. The lowest BCUT2D eigenvalue weighted by Gasteiger charge is -2.10. The van der Waals surface area contributed by atoms with Gasteiger partial charge in [0, 0.05) is 5.56 Å². The van der Waals surface area contributed by atoms with Crippen LogP contribution in [0, 0.1) is 0 Å². The van der Waals surface area contributed by atoms with Crippen LogP contribution < -0.4 is 5.14 Å². The molecule has 138 valence electrons. The van der Waals surface area contributed by atoms with Gasteiger partial charge in [0.25, 0.3) is 11.8 Å². The van der Waals surface area contributed by atoms with Crippen LogP contribution in [-0.4, -0.2) is 37.0 Å². The summed E-state index contributed by atoms with van der Waals surface area (Å²) in [5.74, 6) is -1.15. The monoisotopic (exact) mass is 385 g/mol. The molecular formula is C17H15N5O4S. The minimum absolute atomic E-state index is 0.0595. The maximum atomic E-state index is 12.5. The zero-order chi connectivity index (χ0) is 19.6. The van der Waals surface area contributed by atoms with Gasteiger partial charge in [0.05, 0.1) is 16.3 Å². The van der Waals surface area contributed by atoms with Crippen LogP contribution in [0.2, 0.25) is 0 Å². The number of nitrogens with two attached hydrogens (primary N) is 1. The molecule has 0 saturated heterocycles. The second kappa shape index (κ2) is 7.17. The summed E-state index contributed by atoms with van der Waals surface area (Å²) < 4.78 is 22.5. The molecule has 0 fully saturated rings. The van der Waals surface area contributed by atoms with Crippen molar-refractivity contribution in [2.24, 2.45) is 20.5 Å². The number of carbonyl (C=O) groups excluding carboxylic acids is 2. The lowest BCUT2D eigenvalue weighted by atomic mass is 10.2. The first kappa shape index (κ1) is 18.5. The number of nitrogens with zero attached hydrogens (tertiary/aromatic N) is 4. The highest BCUT2D eigenvalue weighted by Gasteiger charge is 2.37. The van der Waals surface area contributed by atoms with E-state index in [0.717, 1.165) is 5.01 Å².